The van der Waals surface area contributed by atoms with Crippen LogP contribution in [0.1, 0.15) is 47.0 Å². The van der Waals surface area contributed by atoms with Gasteiger partial charge in [0.05, 0.1) is 13.2 Å². The highest BCUT2D eigenvalue weighted by Gasteiger charge is 2.39. The molecule has 22 heavy (non-hydrogen) atoms. The van der Waals surface area contributed by atoms with Crippen LogP contribution >= 0.6 is 0 Å². The Hall–Kier alpha value is -1.50. The molecule has 7 nitrogen and oxygen atoms in total. The first-order valence-electron chi connectivity index (χ1n) is 7.16. The van der Waals surface area contributed by atoms with E-state index in [-0.39, 0.29) is 19.1 Å². The summed E-state index contributed by atoms with van der Waals surface area (Å²) in [5.74, 6) is -0.968. The van der Waals surface area contributed by atoms with Crippen LogP contribution in [-0.2, 0) is 23.8 Å². The topological polar surface area (TPSA) is 106 Å². The first-order valence-corrected chi connectivity index (χ1v) is 8.57. The number of hydrogen-bond acceptors (Lipinski definition) is 5. The molecule has 0 saturated carbocycles. The molecule has 0 aliphatic heterocycles. The number of nitrogens with zero attached hydrogens (tertiary/aromatic N) is 2. The van der Waals surface area contributed by atoms with Crippen molar-refractivity contribution in [2.45, 2.75) is 47.0 Å². The summed E-state index contributed by atoms with van der Waals surface area (Å²) < 4.78 is 32.7. The van der Waals surface area contributed by atoms with E-state index in [1.165, 1.54) is 12.5 Å². The van der Waals surface area contributed by atoms with Crippen molar-refractivity contribution in [3.63, 3.8) is 0 Å². The van der Waals surface area contributed by atoms with Gasteiger partial charge in [0.25, 0.3) is 0 Å². The third-order valence-electron chi connectivity index (χ3n) is 2.84. The molecule has 8 heteroatoms. The SMILES string of the molecule is CCOC(=O)C(=[N+]=[N-])S(=O)(=O)OCC[C@@H](C)CCC=C(C)C. The number of esters is 1. The van der Waals surface area contributed by atoms with Crippen molar-refractivity contribution in [3.8, 4) is 0 Å². The molecule has 0 aromatic rings. The van der Waals surface area contributed by atoms with Crippen molar-refractivity contribution in [1.29, 1.82) is 0 Å². The Balaban J connectivity index is 4.41. The third kappa shape index (κ3) is 8.07. The average molecular weight is 332 g/mol. The molecule has 0 radical (unpaired) electrons. The lowest BCUT2D eigenvalue weighted by Crippen LogP contribution is -2.29. The van der Waals surface area contributed by atoms with Crippen molar-refractivity contribution in [2.24, 2.45) is 5.92 Å². The lowest BCUT2D eigenvalue weighted by Gasteiger charge is -2.09. The second kappa shape index (κ2) is 10.3. The second-order valence-electron chi connectivity index (χ2n) is 5.15. The van der Waals surface area contributed by atoms with Gasteiger partial charge in [0, 0.05) is 0 Å². The van der Waals surface area contributed by atoms with Crippen LogP contribution in [0.4, 0.5) is 0 Å². The molecule has 0 bridgehead atoms. The van der Waals surface area contributed by atoms with Crippen LogP contribution in [0.3, 0.4) is 0 Å². The van der Waals surface area contributed by atoms with Crippen LogP contribution in [-0.4, -0.2) is 37.4 Å². The third-order valence-corrected chi connectivity index (χ3v) is 4.04. The zero-order valence-corrected chi connectivity index (χ0v) is 14.4. The monoisotopic (exact) mass is 332 g/mol. The zero-order valence-electron chi connectivity index (χ0n) is 13.5. The molecule has 0 fully saturated rings. The molecule has 0 amide bonds. The van der Waals surface area contributed by atoms with Gasteiger partial charge in [-0.15, -0.1) is 4.79 Å². The zero-order chi connectivity index (χ0) is 17.2. The number of ether oxygens (including phenoxy) is 1. The number of allylic oxidation sites excluding steroid dienone is 2. The van der Waals surface area contributed by atoms with Gasteiger partial charge in [-0.2, -0.15) is 8.42 Å². The molecule has 0 aromatic heterocycles. The van der Waals surface area contributed by atoms with E-state index in [1.807, 2.05) is 20.8 Å². The van der Waals surface area contributed by atoms with E-state index in [0.29, 0.717) is 6.42 Å². The van der Waals surface area contributed by atoms with Gasteiger partial charge in [0.1, 0.15) is 0 Å². The van der Waals surface area contributed by atoms with Crippen molar-refractivity contribution < 1.29 is 26.9 Å². The molecular formula is C14H24N2O5S. The first-order chi connectivity index (χ1) is 10.2. The first kappa shape index (κ1) is 20.5. The Morgan fingerprint density at radius 1 is 1.32 bits per heavy atom. The summed E-state index contributed by atoms with van der Waals surface area (Å²) in [6.45, 7) is 7.41. The molecule has 0 aliphatic carbocycles. The van der Waals surface area contributed by atoms with Crippen molar-refractivity contribution in [1.82, 2.24) is 0 Å². The van der Waals surface area contributed by atoms with Crippen LogP contribution < -0.4 is 0 Å². The fourth-order valence-electron chi connectivity index (χ4n) is 1.60. The quantitative estimate of drug-likeness (QED) is 0.129. The van der Waals surface area contributed by atoms with E-state index in [2.05, 4.69) is 15.6 Å². The Labute approximate surface area is 132 Å². The summed E-state index contributed by atoms with van der Waals surface area (Å²) in [5, 5.41) is -1.13. The Morgan fingerprint density at radius 3 is 2.45 bits per heavy atom. The molecule has 0 saturated heterocycles. The van der Waals surface area contributed by atoms with Crippen LogP contribution in [0.15, 0.2) is 11.6 Å². The van der Waals surface area contributed by atoms with Gasteiger partial charge < -0.3 is 10.3 Å². The Morgan fingerprint density at radius 2 is 1.95 bits per heavy atom. The minimum Gasteiger partial charge on any atom is -0.456 e. The highest BCUT2D eigenvalue weighted by Crippen LogP contribution is 2.13. The van der Waals surface area contributed by atoms with Crippen molar-refractivity contribution in [3.05, 3.63) is 17.2 Å². The highest BCUT2D eigenvalue weighted by atomic mass is 32.2. The van der Waals surface area contributed by atoms with Gasteiger partial charge in [0.2, 0.25) is 0 Å². The van der Waals surface area contributed by atoms with Gasteiger partial charge in [-0.05, 0) is 46.0 Å². The standard InChI is InChI=1S/C14H24N2O5S/c1-5-20-14(17)13(16-15)22(18,19)21-10-9-12(4)8-6-7-11(2)3/h7,12H,5-6,8-10H2,1-4H3/t12-/m0/s1. The predicted molar refractivity (Wildman–Crippen MR) is 82.6 cm³/mol. The van der Waals surface area contributed by atoms with E-state index in [0.717, 1.165) is 12.8 Å². The molecule has 0 rings (SSSR count). The van der Waals surface area contributed by atoms with Crippen molar-refractivity contribution in [2.75, 3.05) is 13.2 Å². The smallest absolute Gasteiger partial charge is 0.456 e. The Kier molecular flexibility index (Phi) is 9.56. The number of hydrogen-bond donors (Lipinski definition) is 0. The molecule has 0 aromatic carbocycles. The van der Waals surface area contributed by atoms with E-state index in [1.54, 1.807) is 0 Å². The molecule has 0 unspecified atom stereocenters. The maximum Gasteiger partial charge on any atom is 0.514 e. The fraction of sp³-hybridized carbons (Fsp3) is 0.714. The maximum atomic E-state index is 11.7. The number of rotatable bonds is 8. The minimum absolute atomic E-state index is 0.0330. The molecule has 0 heterocycles. The van der Waals surface area contributed by atoms with E-state index in [4.69, 9.17) is 9.71 Å². The largest absolute Gasteiger partial charge is 0.514 e. The highest BCUT2D eigenvalue weighted by molar-refractivity contribution is 8.04. The number of carbonyl (C=O) groups is 1. The van der Waals surface area contributed by atoms with Gasteiger partial charge in [-0.3, -0.25) is 4.18 Å². The fourth-order valence-corrected chi connectivity index (χ4v) is 2.39. The summed E-state index contributed by atoms with van der Waals surface area (Å²) in [4.78, 5) is 13.8. The molecule has 0 spiro atoms. The lowest BCUT2D eigenvalue weighted by atomic mass is 10.0. The molecular weight excluding hydrogens is 308 g/mol. The molecule has 1 atom stereocenters. The van der Waals surface area contributed by atoms with Crippen LogP contribution in [0.2, 0.25) is 0 Å². The van der Waals surface area contributed by atoms with Crippen LogP contribution in [0.25, 0.3) is 5.53 Å². The summed E-state index contributed by atoms with van der Waals surface area (Å²) >= 11 is 0. The van der Waals surface area contributed by atoms with E-state index in [9.17, 15) is 13.2 Å². The van der Waals surface area contributed by atoms with E-state index >= 15 is 0 Å². The summed E-state index contributed by atoms with van der Waals surface area (Å²) in [6.07, 6.45) is 4.46. The van der Waals surface area contributed by atoms with Gasteiger partial charge in [0.15, 0.2) is 0 Å². The molecule has 0 N–H and O–H groups in total. The minimum atomic E-state index is -4.41. The van der Waals surface area contributed by atoms with Crippen molar-refractivity contribution >= 4 is 21.1 Å². The van der Waals surface area contributed by atoms with Gasteiger partial charge >= 0.3 is 21.1 Å². The normalized spacial score (nSPS) is 12.2. The van der Waals surface area contributed by atoms with Crippen LogP contribution in [0, 0.1) is 5.92 Å². The van der Waals surface area contributed by atoms with Gasteiger partial charge in [-0.25, -0.2) is 4.79 Å². The summed E-state index contributed by atoms with van der Waals surface area (Å²) in [5.41, 5.74) is 9.90. The predicted octanol–water partition coefficient (Wildman–Crippen LogP) is 2.30. The lowest BCUT2D eigenvalue weighted by molar-refractivity contribution is -0.139. The molecule has 0 aliphatic rings. The van der Waals surface area contributed by atoms with E-state index < -0.39 is 21.1 Å². The maximum absolute atomic E-state index is 11.7. The van der Waals surface area contributed by atoms with Gasteiger partial charge in [-0.1, -0.05) is 18.6 Å². The summed E-state index contributed by atoms with van der Waals surface area (Å²) in [6, 6.07) is 0. The Bertz CT molecular complexity index is 544. The second-order valence-corrected chi connectivity index (χ2v) is 6.69. The summed E-state index contributed by atoms with van der Waals surface area (Å²) in [7, 11) is -4.41. The average Bonchev–Trinajstić information content (AvgIpc) is 2.38. The molecule has 126 valence electrons. The van der Waals surface area contributed by atoms with Crippen LogP contribution in [0.5, 0.6) is 0 Å². The number of carbonyl (C=O) groups excluding carboxylic acids is 1.